The molecular weight excluding hydrogens is 366 g/mol. The highest BCUT2D eigenvalue weighted by molar-refractivity contribution is 5.90. The average Bonchev–Trinajstić information content (AvgIpc) is 2.76. The van der Waals surface area contributed by atoms with E-state index in [0.717, 1.165) is 29.7 Å². The predicted molar refractivity (Wildman–Crippen MR) is 116 cm³/mol. The number of unbranched alkanes of at least 4 members (excludes halogenated alkanes) is 2. The summed E-state index contributed by atoms with van der Waals surface area (Å²) in [5, 5.41) is 9.88. The van der Waals surface area contributed by atoms with Gasteiger partial charge in [0.1, 0.15) is 0 Å². The molecule has 1 fully saturated rings. The van der Waals surface area contributed by atoms with Gasteiger partial charge in [0.25, 0.3) is 6.47 Å². The molecule has 1 amide bonds. The van der Waals surface area contributed by atoms with Gasteiger partial charge >= 0.3 is 0 Å². The van der Waals surface area contributed by atoms with Gasteiger partial charge in [0, 0.05) is 24.5 Å². The van der Waals surface area contributed by atoms with Crippen molar-refractivity contribution < 1.29 is 14.7 Å². The zero-order valence-corrected chi connectivity index (χ0v) is 16.9. The van der Waals surface area contributed by atoms with E-state index in [4.69, 9.17) is 9.90 Å². The van der Waals surface area contributed by atoms with E-state index in [0.29, 0.717) is 6.42 Å². The minimum Gasteiger partial charge on any atom is -0.483 e. The Labute approximate surface area is 173 Å². The molecule has 29 heavy (non-hydrogen) atoms. The number of benzene rings is 1. The first-order valence-corrected chi connectivity index (χ1v) is 10.3. The van der Waals surface area contributed by atoms with Crippen LogP contribution in [0.5, 0.6) is 0 Å². The van der Waals surface area contributed by atoms with E-state index >= 15 is 0 Å². The Balaban J connectivity index is 0.000000941. The summed E-state index contributed by atoms with van der Waals surface area (Å²) in [7, 11) is 0. The van der Waals surface area contributed by atoms with Gasteiger partial charge in [-0.05, 0) is 74.6 Å². The van der Waals surface area contributed by atoms with Crippen LogP contribution in [0.3, 0.4) is 0 Å². The van der Waals surface area contributed by atoms with Crippen molar-refractivity contribution in [2.45, 2.75) is 44.9 Å². The van der Waals surface area contributed by atoms with Crippen LogP contribution < -0.4 is 5.32 Å². The lowest BCUT2D eigenvalue weighted by Gasteiger charge is -2.26. The molecule has 0 spiro atoms. The van der Waals surface area contributed by atoms with Crippen molar-refractivity contribution in [3.8, 4) is 11.1 Å². The van der Waals surface area contributed by atoms with Crippen molar-refractivity contribution in [1.82, 2.24) is 9.88 Å². The number of rotatable bonds is 8. The summed E-state index contributed by atoms with van der Waals surface area (Å²) in [6.07, 6.45) is 11.6. The van der Waals surface area contributed by atoms with Gasteiger partial charge in [-0.2, -0.15) is 0 Å². The van der Waals surface area contributed by atoms with Gasteiger partial charge in [-0.15, -0.1) is 0 Å². The second-order valence-electron chi connectivity index (χ2n) is 7.19. The predicted octanol–water partition coefficient (Wildman–Crippen LogP) is 4.43. The fraction of sp³-hybridized carbons (Fsp3) is 0.435. The second-order valence-corrected chi connectivity index (χ2v) is 7.19. The van der Waals surface area contributed by atoms with Crippen molar-refractivity contribution in [2.24, 2.45) is 0 Å². The second kappa shape index (κ2) is 13.4. The molecular formula is C23H31N3O3. The molecule has 3 rings (SSSR count). The minimum absolute atomic E-state index is 0.108. The highest BCUT2D eigenvalue weighted by atomic mass is 16.3. The molecule has 1 saturated heterocycles. The highest BCUT2D eigenvalue weighted by Crippen LogP contribution is 2.20. The number of piperidine rings is 1. The number of pyridine rings is 1. The molecule has 0 atom stereocenters. The van der Waals surface area contributed by atoms with Crippen LogP contribution >= 0.6 is 0 Å². The fourth-order valence-corrected chi connectivity index (χ4v) is 3.48. The Bertz CT molecular complexity index is 714. The molecule has 0 radical (unpaired) electrons. The molecule has 6 heteroatoms. The largest absolute Gasteiger partial charge is 0.483 e. The smallest absolute Gasteiger partial charge is 0.290 e. The van der Waals surface area contributed by atoms with Crippen molar-refractivity contribution in [1.29, 1.82) is 0 Å². The normalized spacial score (nSPS) is 13.8. The van der Waals surface area contributed by atoms with Crippen LogP contribution in [0.2, 0.25) is 0 Å². The Morgan fingerprint density at radius 1 is 1.03 bits per heavy atom. The van der Waals surface area contributed by atoms with Gasteiger partial charge in [0.2, 0.25) is 5.91 Å². The van der Waals surface area contributed by atoms with E-state index < -0.39 is 0 Å². The minimum atomic E-state index is -0.250. The first-order valence-electron chi connectivity index (χ1n) is 10.3. The summed E-state index contributed by atoms with van der Waals surface area (Å²) in [5.74, 6) is 0.108. The zero-order chi connectivity index (χ0) is 20.7. The third-order valence-electron chi connectivity index (χ3n) is 4.99. The van der Waals surface area contributed by atoms with Gasteiger partial charge in [-0.3, -0.25) is 14.6 Å². The lowest BCUT2D eigenvalue weighted by molar-refractivity contribution is -0.123. The summed E-state index contributed by atoms with van der Waals surface area (Å²) in [6, 6.07) is 11.9. The maximum atomic E-state index is 12.1. The average molecular weight is 398 g/mol. The van der Waals surface area contributed by atoms with Crippen molar-refractivity contribution >= 4 is 18.1 Å². The van der Waals surface area contributed by atoms with E-state index in [9.17, 15) is 4.79 Å². The third kappa shape index (κ3) is 8.87. The van der Waals surface area contributed by atoms with Gasteiger partial charge in [-0.25, -0.2) is 0 Å². The zero-order valence-electron chi connectivity index (χ0n) is 16.9. The van der Waals surface area contributed by atoms with E-state index in [1.165, 1.54) is 45.3 Å². The van der Waals surface area contributed by atoms with Gasteiger partial charge in [0.05, 0.1) is 0 Å². The Morgan fingerprint density at radius 2 is 1.76 bits per heavy atom. The summed E-state index contributed by atoms with van der Waals surface area (Å²) < 4.78 is 0. The molecule has 2 heterocycles. The molecule has 2 aromatic rings. The number of nitrogens with one attached hydrogen (secondary N) is 1. The summed E-state index contributed by atoms with van der Waals surface area (Å²) >= 11 is 0. The van der Waals surface area contributed by atoms with Crippen molar-refractivity contribution in [3.05, 3.63) is 48.8 Å². The van der Waals surface area contributed by atoms with Gasteiger partial charge < -0.3 is 15.3 Å². The number of aromatic nitrogens is 1. The number of amides is 1. The quantitative estimate of drug-likeness (QED) is 0.508. The molecule has 0 saturated carbocycles. The Kier molecular flexibility index (Phi) is 10.5. The number of nitrogens with zero attached hydrogens (tertiary/aromatic N) is 2. The molecule has 1 aliphatic heterocycles. The molecule has 6 nitrogen and oxygen atoms in total. The van der Waals surface area contributed by atoms with Crippen molar-refractivity contribution in [3.63, 3.8) is 0 Å². The summed E-state index contributed by atoms with van der Waals surface area (Å²) in [6.45, 7) is 3.46. The molecule has 156 valence electrons. The third-order valence-corrected chi connectivity index (χ3v) is 4.99. The van der Waals surface area contributed by atoms with Crippen LogP contribution in [0.25, 0.3) is 11.1 Å². The van der Waals surface area contributed by atoms with Crippen LogP contribution in [0.1, 0.15) is 44.9 Å². The summed E-state index contributed by atoms with van der Waals surface area (Å²) in [4.78, 5) is 27.2. The SMILES string of the molecule is O=C(CCCCCN1CCCCC1)Nc1ccc(-c2cccnc2)cc1.O=CO. The van der Waals surface area contributed by atoms with E-state index in [-0.39, 0.29) is 12.4 Å². The number of hydrogen-bond acceptors (Lipinski definition) is 4. The molecule has 0 aliphatic carbocycles. The maximum absolute atomic E-state index is 12.1. The number of carbonyl (C=O) groups excluding carboxylic acids is 1. The lowest BCUT2D eigenvalue weighted by atomic mass is 10.1. The van der Waals surface area contributed by atoms with Crippen LogP contribution in [-0.2, 0) is 9.59 Å². The molecule has 1 aromatic carbocycles. The molecule has 0 bridgehead atoms. The Hall–Kier alpha value is -2.73. The molecule has 2 N–H and O–H groups in total. The highest BCUT2D eigenvalue weighted by Gasteiger charge is 2.09. The van der Waals surface area contributed by atoms with Crippen molar-refractivity contribution in [2.75, 3.05) is 25.0 Å². The van der Waals surface area contributed by atoms with Crippen LogP contribution in [0, 0.1) is 0 Å². The number of likely N-dealkylation sites (tertiary alicyclic amines) is 1. The van der Waals surface area contributed by atoms with E-state index in [1.54, 1.807) is 6.20 Å². The fourth-order valence-electron chi connectivity index (χ4n) is 3.48. The Morgan fingerprint density at radius 3 is 2.41 bits per heavy atom. The molecule has 1 aliphatic rings. The number of anilines is 1. The van der Waals surface area contributed by atoms with Gasteiger partial charge in [-0.1, -0.05) is 31.0 Å². The maximum Gasteiger partial charge on any atom is 0.290 e. The topological polar surface area (TPSA) is 82.5 Å². The monoisotopic (exact) mass is 397 g/mol. The molecule has 1 aromatic heterocycles. The number of hydrogen-bond donors (Lipinski definition) is 2. The number of carbonyl (C=O) groups is 2. The first-order chi connectivity index (χ1) is 14.2. The summed E-state index contributed by atoms with van der Waals surface area (Å²) in [5.41, 5.74) is 3.05. The number of carboxylic acid groups (broad SMARTS) is 1. The lowest BCUT2D eigenvalue weighted by Crippen LogP contribution is -2.30. The van der Waals surface area contributed by atoms with Crippen LogP contribution in [0.4, 0.5) is 5.69 Å². The standard InChI is InChI=1S/C22H29N3O.CH2O2/c26-22(9-3-1-4-15-25-16-5-2-6-17-25)24-21-12-10-19(11-13-21)20-8-7-14-23-18-20;2-1-3/h7-8,10-14,18H,1-6,9,15-17H2,(H,24,26);1H,(H,2,3). The van der Waals surface area contributed by atoms with Gasteiger partial charge in [0.15, 0.2) is 0 Å². The molecule has 0 unspecified atom stereocenters. The first kappa shape index (κ1) is 22.6. The van der Waals surface area contributed by atoms with E-state index in [2.05, 4.69) is 15.2 Å². The van der Waals surface area contributed by atoms with Crippen LogP contribution in [0.15, 0.2) is 48.8 Å². The van der Waals surface area contributed by atoms with Crippen LogP contribution in [-0.4, -0.2) is 47.0 Å². The van der Waals surface area contributed by atoms with E-state index in [1.807, 2.05) is 42.6 Å².